The quantitative estimate of drug-likeness (QED) is 0.803. The van der Waals surface area contributed by atoms with Crippen molar-refractivity contribution < 1.29 is 10.2 Å². The van der Waals surface area contributed by atoms with E-state index in [0.717, 1.165) is 11.3 Å². The molecule has 0 amide bonds. The number of halogens is 2. The molecule has 19 heavy (non-hydrogen) atoms. The van der Waals surface area contributed by atoms with Gasteiger partial charge in [0, 0.05) is 10.7 Å². The predicted molar refractivity (Wildman–Crippen MR) is 78.0 cm³/mol. The van der Waals surface area contributed by atoms with Crippen LogP contribution in [0, 0.1) is 0 Å². The highest BCUT2D eigenvalue weighted by Crippen LogP contribution is 2.28. The molecule has 1 unspecified atom stereocenters. The molecular formula is C14H13Cl2NO2. The maximum Gasteiger partial charge on any atom is 0.134 e. The Balaban J connectivity index is 2.22. The molecule has 0 fully saturated rings. The Labute approximate surface area is 121 Å². The summed E-state index contributed by atoms with van der Waals surface area (Å²) in [7, 11) is 0. The molecule has 0 radical (unpaired) electrons. The first-order valence-corrected chi connectivity index (χ1v) is 6.47. The Hall–Kier alpha value is -1.42. The number of aliphatic hydroxyl groups excluding tert-OH is 1. The summed E-state index contributed by atoms with van der Waals surface area (Å²) in [6.45, 7) is -0.104. The summed E-state index contributed by atoms with van der Waals surface area (Å²) in [6.07, 6.45) is 0. The number of aliphatic hydroxyl groups is 1. The number of aromatic hydroxyl groups is 1. The predicted octanol–water partition coefficient (Wildman–Crippen LogP) is 3.84. The molecule has 2 rings (SSSR count). The minimum atomic E-state index is -0.323. The van der Waals surface area contributed by atoms with Gasteiger partial charge >= 0.3 is 0 Å². The topological polar surface area (TPSA) is 52.5 Å². The van der Waals surface area contributed by atoms with Crippen molar-refractivity contribution in [3.63, 3.8) is 0 Å². The molecule has 5 heteroatoms. The Morgan fingerprint density at radius 3 is 2.53 bits per heavy atom. The van der Waals surface area contributed by atoms with Crippen molar-refractivity contribution in [1.82, 2.24) is 0 Å². The van der Waals surface area contributed by atoms with Crippen LogP contribution in [0.1, 0.15) is 11.6 Å². The zero-order chi connectivity index (χ0) is 13.8. The van der Waals surface area contributed by atoms with Crippen LogP contribution in [0.5, 0.6) is 5.75 Å². The first kappa shape index (κ1) is 14.0. The van der Waals surface area contributed by atoms with Gasteiger partial charge in [-0.05, 0) is 35.9 Å². The highest BCUT2D eigenvalue weighted by Gasteiger charge is 2.12. The van der Waals surface area contributed by atoms with E-state index in [1.807, 2.05) is 12.1 Å². The highest BCUT2D eigenvalue weighted by molar-refractivity contribution is 6.32. The lowest BCUT2D eigenvalue weighted by Gasteiger charge is -2.18. The number of nitrogens with one attached hydrogen (secondary N) is 1. The molecule has 0 aliphatic heterocycles. The molecule has 2 aromatic rings. The van der Waals surface area contributed by atoms with Crippen molar-refractivity contribution in [3.05, 3.63) is 58.1 Å². The van der Waals surface area contributed by atoms with Crippen molar-refractivity contribution in [2.24, 2.45) is 0 Å². The molecule has 0 heterocycles. The zero-order valence-electron chi connectivity index (χ0n) is 9.98. The number of rotatable bonds is 4. The molecular weight excluding hydrogens is 285 g/mol. The smallest absolute Gasteiger partial charge is 0.134 e. The van der Waals surface area contributed by atoms with E-state index in [4.69, 9.17) is 23.2 Å². The molecule has 0 saturated carbocycles. The van der Waals surface area contributed by atoms with E-state index in [0.29, 0.717) is 5.02 Å². The van der Waals surface area contributed by atoms with Crippen molar-refractivity contribution in [1.29, 1.82) is 0 Å². The molecule has 0 saturated heterocycles. The van der Waals surface area contributed by atoms with Crippen molar-refractivity contribution in [2.45, 2.75) is 6.04 Å². The minimum Gasteiger partial charge on any atom is -0.506 e. The van der Waals surface area contributed by atoms with E-state index in [1.165, 1.54) is 6.07 Å². The van der Waals surface area contributed by atoms with Crippen molar-refractivity contribution in [3.8, 4) is 5.75 Å². The van der Waals surface area contributed by atoms with Crippen LogP contribution in [-0.2, 0) is 0 Å². The Morgan fingerprint density at radius 1 is 1.11 bits per heavy atom. The van der Waals surface area contributed by atoms with Crippen LogP contribution in [0.2, 0.25) is 10.0 Å². The van der Waals surface area contributed by atoms with Crippen LogP contribution in [0.4, 0.5) is 5.69 Å². The minimum absolute atomic E-state index is 0.0184. The van der Waals surface area contributed by atoms with Crippen LogP contribution < -0.4 is 5.32 Å². The molecule has 100 valence electrons. The molecule has 0 aromatic heterocycles. The van der Waals surface area contributed by atoms with Crippen LogP contribution in [0.15, 0.2) is 42.5 Å². The van der Waals surface area contributed by atoms with Gasteiger partial charge in [-0.1, -0.05) is 35.3 Å². The first-order chi connectivity index (χ1) is 9.10. The van der Waals surface area contributed by atoms with Gasteiger partial charge in [0.2, 0.25) is 0 Å². The third kappa shape index (κ3) is 3.53. The normalized spacial score (nSPS) is 12.2. The number of phenolic OH excluding ortho intramolecular Hbond substituents is 1. The number of hydrogen-bond donors (Lipinski definition) is 3. The van der Waals surface area contributed by atoms with E-state index in [1.54, 1.807) is 24.3 Å². The molecule has 0 aliphatic rings. The average molecular weight is 298 g/mol. The molecule has 2 aromatic carbocycles. The summed E-state index contributed by atoms with van der Waals surface area (Å²) in [4.78, 5) is 0. The Morgan fingerprint density at radius 2 is 1.89 bits per heavy atom. The van der Waals surface area contributed by atoms with E-state index < -0.39 is 0 Å². The van der Waals surface area contributed by atoms with Crippen LogP contribution in [0.25, 0.3) is 0 Å². The maximum atomic E-state index is 9.47. The standard InChI is InChI=1S/C14H13Cl2NO2/c15-10-2-1-3-11(7-10)17-13(8-18)9-4-5-14(19)12(16)6-9/h1-7,13,17-19H,8H2. The fraction of sp³-hybridized carbons (Fsp3) is 0.143. The highest BCUT2D eigenvalue weighted by atomic mass is 35.5. The van der Waals surface area contributed by atoms with Gasteiger partial charge in [-0.25, -0.2) is 0 Å². The second-order valence-corrected chi connectivity index (χ2v) is 4.94. The SMILES string of the molecule is OCC(Nc1cccc(Cl)c1)c1ccc(O)c(Cl)c1. The summed E-state index contributed by atoms with van der Waals surface area (Å²) in [5.41, 5.74) is 1.58. The third-order valence-corrected chi connectivity index (χ3v) is 3.26. The maximum absolute atomic E-state index is 9.47. The zero-order valence-corrected chi connectivity index (χ0v) is 11.5. The van der Waals surface area contributed by atoms with Crippen LogP contribution in [-0.4, -0.2) is 16.8 Å². The fourth-order valence-electron chi connectivity index (χ4n) is 1.75. The van der Waals surface area contributed by atoms with Gasteiger partial charge in [0.15, 0.2) is 0 Å². The van der Waals surface area contributed by atoms with E-state index in [-0.39, 0.29) is 23.4 Å². The number of anilines is 1. The average Bonchev–Trinajstić information content (AvgIpc) is 2.39. The van der Waals surface area contributed by atoms with Gasteiger partial charge in [0.05, 0.1) is 17.7 Å². The Kier molecular flexibility index (Phi) is 4.53. The lowest BCUT2D eigenvalue weighted by atomic mass is 10.1. The second-order valence-electron chi connectivity index (χ2n) is 4.10. The van der Waals surface area contributed by atoms with Gasteiger partial charge in [-0.15, -0.1) is 0 Å². The summed E-state index contributed by atoms with van der Waals surface area (Å²) in [5.74, 6) is 0.0184. The van der Waals surface area contributed by atoms with E-state index in [2.05, 4.69) is 5.32 Å². The molecule has 0 aliphatic carbocycles. The third-order valence-electron chi connectivity index (χ3n) is 2.72. The lowest BCUT2D eigenvalue weighted by molar-refractivity contribution is 0.276. The first-order valence-electron chi connectivity index (χ1n) is 5.71. The van der Waals surface area contributed by atoms with Crippen LogP contribution in [0.3, 0.4) is 0 Å². The van der Waals surface area contributed by atoms with Gasteiger partial charge in [0.1, 0.15) is 5.75 Å². The fourth-order valence-corrected chi connectivity index (χ4v) is 2.13. The van der Waals surface area contributed by atoms with Gasteiger partial charge in [0.25, 0.3) is 0 Å². The summed E-state index contributed by atoms with van der Waals surface area (Å²) >= 11 is 11.8. The monoisotopic (exact) mass is 297 g/mol. The van der Waals surface area contributed by atoms with Gasteiger partial charge < -0.3 is 15.5 Å². The second kappa shape index (κ2) is 6.15. The molecule has 1 atom stereocenters. The number of benzene rings is 2. The molecule has 3 nitrogen and oxygen atoms in total. The van der Waals surface area contributed by atoms with Crippen LogP contribution >= 0.6 is 23.2 Å². The van der Waals surface area contributed by atoms with E-state index >= 15 is 0 Å². The van der Waals surface area contributed by atoms with Gasteiger partial charge in [-0.3, -0.25) is 0 Å². The van der Waals surface area contributed by atoms with Crippen molar-refractivity contribution in [2.75, 3.05) is 11.9 Å². The van der Waals surface area contributed by atoms with Gasteiger partial charge in [-0.2, -0.15) is 0 Å². The largest absolute Gasteiger partial charge is 0.506 e. The molecule has 0 bridgehead atoms. The van der Waals surface area contributed by atoms with Crippen molar-refractivity contribution >= 4 is 28.9 Å². The Bertz CT molecular complexity index is 575. The van der Waals surface area contributed by atoms with E-state index in [9.17, 15) is 10.2 Å². The summed E-state index contributed by atoms with van der Waals surface area (Å²) < 4.78 is 0. The summed E-state index contributed by atoms with van der Waals surface area (Å²) in [6, 6.07) is 11.7. The molecule has 0 spiro atoms. The molecule has 3 N–H and O–H groups in total. The number of hydrogen-bond acceptors (Lipinski definition) is 3. The lowest BCUT2D eigenvalue weighted by Crippen LogP contribution is -2.14. The number of phenols is 1. The summed E-state index contributed by atoms with van der Waals surface area (Å²) in [5, 5.41) is 22.9.